The van der Waals surface area contributed by atoms with E-state index in [1.165, 1.54) is 6.26 Å². The number of amides is 1. The van der Waals surface area contributed by atoms with Gasteiger partial charge in [-0.05, 0) is 24.3 Å². The van der Waals surface area contributed by atoms with Crippen LogP contribution in [0.1, 0.15) is 15.9 Å². The van der Waals surface area contributed by atoms with Gasteiger partial charge in [0.2, 0.25) is 0 Å². The van der Waals surface area contributed by atoms with Gasteiger partial charge >= 0.3 is 0 Å². The van der Waals surface area contributed by atoms with Crippen molar-refractivity contribution in [3.05, 3.63) is 65.9 Å². The molecule has 0 bridgehead atoms. The zero-order valence-electron chi connectivity index (χ0n) is 10.6. The molecule has 0 aliphatic rings. The number of benzene rings is 2. The first kappa shape index (κ1) is 12.1. The number of anilines is 1. The maximum absolute atomic E-state index is 12.3. The van der Waals surface area contributed by atoms with Gasteiger partial charge in [-0.3, -0.25) is 4.79 Å². The summed E-state index contributed by atoms with van der Waals surface area (Å²) in [6, 6.07) is 14.6. The highest BCUT2D eigenvalue weighted by Crippen LogP contribution is 2.22. The quantitative estimate of drug-likeness (QED) is 0.715. The van der Waals surface area contributed by atoms with E-state index in [4.69, 9.17) is 10.8 Å². The molecule has 2 aromatic carbocycles. The van der Waals surface area contributed by atoms with Gasteiger partial charge in [-0.2, -0.15) is 0 Å². The van der Waals surface area contributed by atoms with E-state index in [1.807, 2.05) is 30.3 Å². The van der Waals surface area contributed by atoms with E-state index in [1.54, 1.807) is 18.2 Å². The normalized spacial score (nSPS) is 10.2. The molecule has 0 aliphatic heterocycles. The van der Waals surface area contributed by atoms with Crippen LogP contribution in [-0.4, -0.2) is 5.91 Å². The van der Waals surface area contributed by atoms with E-state index in [-0.39, 0.29) is 5.91 Å². The van der Waals surface area contributed by atoms with E-state index >= 15 is 0 Å². The number of furan rings is 1. The summed E-state index contributed by atoms with van der Waals surface area (Å²) in [6.45, 7) is 0. The fourth-order valence-electron chi connectivity index (χ4n) is 2.04. The predicted molar refractivity (Wildman–Crippen MR) is 78.5 cm³/mol. The Morgan fingerprint density at radius 3 is 2.85 bits per heavy atom. The zero-order chi connectivity index (χ0) is 13.9. The summed E-state index contributed by atoms with van der Waals surface area (Å²) in [5.74, 6) is 2.32. The predicted octanol–water partition coefficient (Wildman–Crippen LogP) is 3.67. The largest absolute Gasteiger partial charge is 0.463 e. The van der Waals surface area contributed by atoms with Crippen molar-refractivity contribution in [1.29, 1.82) is 0 Å². The maximum atomic E-state index is 12.3. The van der Waals surface area contributed by atoms with Gasteiger partial charge in [0.25, 0.3) is 5.91 Å². The molecule has 3 heteroatoms. The Bertz CT molecular complexity index is 824. The van der Waals surface area contributed by atoms with E-state index in [2.05, 4.69) is 11.2 Å². The van der Waals surface area contributed by atoms with Crippen LogP contribution < -0.4 is 5.32 Å². The highest BCUT2D eigenvalue weighted by Gasteiger charge is 2.13. The Morgan fingerprint density at radius 2 is 2.00 bits per heavy atom. The molecule has 0 radical (unpaired) electrons. The number of hydrogen-bond donors (Lipinski definition) is 1. The fourth-order valence-corrected chi connectivity index (χ4v) is 2.04. The van der Waals surface area contributed by atoms with Crippen molar-refractivity contribution in [2.75, 3.05) is 5.32 Å². The number of terminal acetylenes is 1. The summed E-state index contributed by atoms with van der Waals surface area (Å²) in [5, 5.41) is 3.61. The molecule has 1 amide bonds. The molecule has 3 aromatic rings. The van der Waals surface area contributed by atoms with Crippen LogP contribution in [0, 0.1) is 12.3 Å². The van der Waals surface area contributed by atoms with E-state index in [9.17, 15) is 4.79 Å². The van der Waals surface area contributed by atoms with E-state index in [0.29, 0.717) is 16.8 Å². The lowest BCUT2D eigenvalue weighted by atomic mass is 10.1. The summed E-state index contributed by atoms with van der Waals surface area (Å²) in [4.78, 5) is 12.3. The fraction of sp³-hybridized carbons (Fsp3) is 0. The topological polar surface area (TPSA) is 42.2 Å². The Kier molecular flexibility index (Phi) is 2.98. The molecule has 0 aliphatic carbocycles. The number of para-hydroxylation sites is 1. The third-order valence-electron chi connectivity index (χ3n) is 3.01. The van der Waals surface area contributed by atoms with Gasteiger partial charge in [-0.1, -0.05) is 30.2 Å². The SMILES string of the molecule is C#Cc1cccc(NC(=O)c2coc3ccccc23)c1. The molecule has 0 spiro atoms. The molecule has 0 unspecified atom stereocenters. The minimum absolute atomic E-state index is 0.218. The third kappa shape index (κ3) is 2.15. The lowest BCUT2D eigenvalue weighted by molar-refractivity contribution is 0.102. The second kappa shape index (κ2) is 4.94. The summed E-state index contributed by atoms with van der Waals surface area (Å²) >= 11 is 0. The lowest BCUT2D eigenvalue weighted by Gasteiger charge is -2.04. The van der Waals surface area contributed by atoms with Gasteiger partial charge in [-0.25, -0.2) is 0 Å². The number of hydrogen-bond acceptors (Lipinski definition) is 2. The molecular formula is C17H11NO2. The van der Waals surface area contributed by atoms with Gasteiger partial charge in [0, 0.05) is 16.6 Å². The first-order chi connectivity index (χ1) is 9.78. The van der Waals surface area contributed by atoms with Crippen molar-refractivity contribution in [2.24, 2.45) is 0 Å². The number of nitrogens with one attached hydrogen (secondary N) is 1. The Balaban J connectivity index is 1.91. The van der Waals surface area contributed by atoms with E-state index < -0.39 is 0 Å². The first-order valence-electron chi connectivity index (χ1n) is 6.12. The van der Waals surface area contributed by atoms with Crippen LogP contribution in [0.15, 0.2) is 59.2 Å². The van der Waals surface area contributed by atoms with Crippen molar-refractivity contribution in [3.63, 3.8) is 0 Å². The molecular weight excluding hydrogens is 250 g/mol. The van der Waals surface area contributed by atoms with Crippen molar-refractivity contribution < 1.29 is 9.21 Å². The zero-order valence-corrected chi connectivity index (χ0v) is 10.6. The summed E-state index contributed by atoms with van der Waals surface area (Å²) in [7, 11) is 0. The van der Waals surface area contributed by atoms with Gasteiger partial charge in [0.15, 0.2) is 0 Å². The molecule has 0 saturated heterocycles. The highest BCUT2D eigenvalue weighted by molar-refractivity contribution is 6.12. The van der Waals surface area contributed by atoms with Gasteiger partial charge in [0.1, 0.15) is 11.8 Å². The van der Waals surface area contributed by atoms with Gasteiger partial charge < -0.3 is 9.73 Å². The molecule has 0 saturated carbocycles. The molecule has 0 atom stereocenters. The van der Waals surface area contributed by atoms with Gasteiger partial charge in [0.05, 0.1) is 5.56 Å². The third-order valence-corrected chi connectivity index (χ3v) is 3.01. The van der Waals surface area contributed by atoms with E-state index in [0.717, 1.165) is 10.9 Å². The molecule has 3 nitrogen and oxygen atoms in total. The monoisotopic (exact) mass is 261 g/mol. The van der Waals surface area contributed by atoms with Crippen LogP contribution in [0.2, 0.25) is 0 Å². The second-order valence-corrected chi connectivity index (χ2v) is 4.32. The molecule has 20 heavy (non-hydrogen) atoms. The molecule has 1 aromatic heterocycles. The van der Waals surface area contributed by atoms with Crippen molar-refractivity contribution in [2.45, 2.75) is 0 Å². The number of carbonyl (C=O) groups excluding carboxylic acids is 1. The van der Waals surface area contributed by atoms with Crippen LogP contribution in [0.5, 0.6) is 0 Å². The highest BCUT2D eigenvalue weighted by atomic mass is 16.3. The molecule has 3 rings (SSSR count). The lowest BCUT2D eigenvalue weighted by Crippen LogP contribution is -2.11. The standard InChI is InChI=1S/C17H11NO2/c1-2-12-6-5-7-13(10-12)18-17(19)15-11-20-16-9-4-3-8-14(15)16/h1,3-11H,(H,18,19). The smallest absolute Gasteiger partial charge is 0.259 e. The summed E-state index contributed by atoms with van der Waals surface area (Å²) in [6.07, 6.45) is 6.80. The van der Waals surface area contributed by atoms with Crippen LogP contribution in [0.3, 0.4) is 0 Å². The second-order valence-electron chi connectivity index (χ2n) is 4.32. The molecule has 0 fully saturated rings. The Morgan fingerprint density at radius 1 is 1.15 bits per heavy atom. The number of fused-ring (bicyclic) bond motifs is 1. The summed E-state index contributed by atoms with van der Waals surface area (Å²) < 4.78 is 5.36. The average Bonchev–Trinajstić information content (AvgIpc) is 2.91. The minimum atomic E-state index is -0.218. The van der Waals surface area contributed by atoms with Crippen LogP contribution in [0.25, 0.3) is 11.0 Å². The maximum Gasteiger partial charge on any atom is 0.259 e. The van der Waals surface area contributed by atoms with Crippen LogP contribution in [0.4, 0.5) is 5.69 Å². The minimum Gasteiger partial charge on any atom is -0.463 e. The average molecular weight is 261 g/mol. The Hall–Kier alpha value is -2.99. The summed E-state index contributed by atoms with van der Waals surface area (Å²) in [5.41, 5.74) is 2.58. The molecule has 1 N–H and O–H groups in total. The van der Waals surface area contributed by atoms with Crippen molar-refractivity contribution >= 4 is 22.6 Å². The number of carbonyl (C=O) groups is 1. The number of rotatable bonds is 2. The van der Waals surface area contributed by atoms with Crippen molar-refractivity contribution in [1.82, 2.24) is 0 Å². The van der Waals surface area contributed by atoms with Gasteiger partial charge in [-0.15, -0.1) is 6.42 Å². The van der Waals surface area contributed by atoms with Crippen LogP contribution in [-0.2, 0) is 0 Å². The molecule has 1 heterocycles. The van der Waals surface area contributed by atoms with Crippen LogP contribution >= 0.6 is 0 Å². The first-order valence-corrected chi connectivity index (χ1v) is 6.12. The van der Waals surface area contributed by atoms with Crippen molar-refractivity contribution in [3.8, 4) is 12.3 Å². The Labute approximate surface area is 116 Å². The molecule has 96 valence electrons.